The van der Waals surface area contributed by atoms with Crippen LogP contribution in [0.15, 0.2) is 0 Å². The van der Waals surface area contributed by atoms with Crippen molar-refractivity contribution in [1.29, 1.82) is 0 Å². The van der Waals surface area contributed by atoms with Crippen molar-refractivity contribution in [2.24, 2.45) is 11.7 Å². The zero-order valence-corrected chi connectivity index (χ0v) is 9.65. The summed E-state index contributed by atoms with van der Waals surface area (Å²) >= 11 is 0. The highest BCUT2D eigenvalue weighted by atomic mass is 16.3. The molecule has 0 bridgehead atoms. The van der Waals surface area contributed by atoms with E-state index in [4.69, 9.17) is 10.8 Å². The highest BCUT2D eigenvalue weighted by Gasteiger charge is 2.34. The molecule has 0 aliphatic heterocycles. The van der Waals surface area contributed by atoms with Crippen molar-refractivity contribution in [2.45, 2.75) is 45.2 Å². The van der Waals surface area contributed by atoms with Crippen LogP contribution in [0.5, 0.6) is 0 Å². The molecular formula is C11H22N2O2. The number of aliphatic hydroxyl groups excluding tert-OH is 1. The van der Waals surface area contributed by atoms with E-state index in [9.17, 15) is 4.79 Å². The van der Waals surface area contributed by atoms with Crippen LogP contribution in [0.3, 0.4) is 0 Å². The standard InChI is InChI=1S/C11H22N2O2/c1-8(2)7-10(12)11(15)13(5-6-14)9-3-4-9/h8-10,14H,3-7,12H2,1-2H3/t10-/m1/s1. The summed E-state index contributed by atoms with van der Waals surface area (Å²) in [5, 5.41) is 8.89. The molecule has 3 N–H and O–H groups in total. The summed E-state index contributed by atoms with van der Waals surface area (Å²) in [6.45, 7) is 4.56. The topological polar surface area (TPSA) is 66.6 Å². The molecule has 4 nitrogen and oxygen atoms in total. The molecule has 0 saturated heterocycles. The summed E-state index contributed by atoms with van der Waals surface area (Å²) in [6.07, 6.45) is 2.83. The molecule has 1 saturated carbocycles. The Balaban J connectivity index is 2.47. The van der Waals surface area contributed by atoms with Gasteiger partial charge in [0.15, 0.2) is 0 Å². The van der Waals surface area contributed by atoms with Gasteiger partial charge in [0.25, 0.3) is 0 Å². The van der Waals surface area contributed by atoms with Crippen LogP contribution < -0.4 is 5.73 Å². The molecule has 0 aromatic carbocycles. The molecule has 0 radical (unpaired) electrons. The largest absolute Gasteiger partial charge is 0.395 e. The fourth-order valence-electron chi connectivity index (χ4n) is 1.79. The third-order valence-electron chi connectivity index (χ3n) is 2.65. The van der Waals surface area contributed by atoms with E-state index < -0.39 is 6.04 Å². The predicted octanol–water partition coefficient (Wildman–Crippen LogP) is 0.343. The number of carbonyl (C=O) groups excluding carboxylic acids is 1. The average Bonchev–Trinajstić information content (AvgIpc) is 2.95. The van der Waals surface area contributed by atoms with Crippen molar-refractivity contribution in [3.8, 4) is 0 Å². The molecule has 1 atom stereocenters. The van der Waals surface area contributed by atoms with Crippen molar-refractivity contribution in [1.82, 2.24) is 4.90 Å². The quantitative estimate of drug-likeness (QED) is 0.670. The predicted molar refractivity (Wildman–Crippen MR) is 59.3 cm³/mol. The second kappa shape index (κ2) is 5.47. The Morgan fingerprint density at radius 1 is 1.53 bits per heavy atom. The SMILES string of the molecule is CC(C)C[C@@H](N)C(=O)N(CCO)C1CC1. The van der Waals surface area contributed by atoms with Gasteiger partial charge in [-0.15, -0.1) is 0 Å². The Morgan fingerprint density at radius 3 is 2.53 bits per heavy atom. The fraction of sp³-hybridized carbons (Fsp3) is 0.909. The van der Waals surface area contributed by atoms with Gasteiger partial charge in [-0.25, -0.2) is 0 Å². The van der Waals surface area contributed by atoms with Crippen LogP contribution in [0, 0.1) is 5.92 Å². The minimum atomic E-state index is -0.405. The third kappa shape index (κ3) is 3.80. The molecule has 1 rings (SSSR count). The van der Waals surface area contributed by atoms with E-state index in [0.29, 0.717) is 24.9 Å². The van der Waals surface area contributed by atoms with Crippen LogP contribution >= 0.6 is 0 Å². The lowest BCUT2D eigenvalue weighted by Gasteiger charge is -2.25. The van der Waals surface area contributed by atoms with Crippen molar-refractivity contribution >= 4 is 5.91 Å². The first kappa shape index (κ1) is 12.5. The van der Waals surface area contributed by atoms with Crippen molar-refractivity contribution in [3.63, 3.8) is 0 Å². The third-order valence-corrected chi connectivity index (χ3v) is 2.65. The maximum Gasteiger partial charge on any atom is 0.239 e. The van der Waals surface area contributed by atoms with Crippen LogP contribution in [0.25, 0.3) is 0 Å². The normalized spacial score (nSPS) is 17.9. The maximum absolute atomic E-state index is 11.9. The number of nitrogens with zero attached hydrogens (tertiary/aromatic N) is 1. The molecule has 0 heterocycles. The zero-order valence-electron chi connectivity index (χ0n) is 9.65. The van der Waals surface area contributed by atoms with Gasteiger partial charge < -0.3 is 15.7 Å². The van der Waals surface area contributed by atoms with E-state index in [0.717, 1.165) is 12.8 Å². The van der Waals surface area contributed by atoms with E-state index in [1.165, 1.54) is 0 Å². The molecule has 1 amide bonds. The van der Waals surface area contributed by atoms with Crippen LogP contribution in [-0.2, 0) is 4.79 Å². The maximum atomic E-state index is 11.9. The summed E-state index contributed by atoms with van der Waals surface area (Å²) in [5.41, 5.74) is 5.84. The van der Waals surface area contributed by atoms with Crippen LogP contribution in [0.1, 0.15) is 33.1 Å². The fourth-order valence-corrected chi connectivity index (χ4v) is 1.79. The molecule has 0 aromatic rings. The Hall–Kier alpha value is -0.610. The number of carbonyl (C=O) groups is 1. The second-order valence-corrected chi connectivity index (χ2v) is 4.72. The first-order valence-corrected chi connectivity index (χ1v) is 5.73. The van der Waals surface area contributed by atoms with Crippen LogP contribution in [0.4, 0.5) is 0 Å². The lowest BCUT2D eigenvalue weighted by atomic mass is 10.0. The Kier molecular flexibility index (Phi) is 4.54. The van der Waals surface area contributed by atoms with Gasteiger partial charge in [0.05, 0.1) is 12.6 Å². The molecule has 0 unspecified atom stereocenters. The van der Waals surface area contributed by atoms with Crippen molar-refractivity contribution in [3.05, 3.63) is 0 Å². The van der Waals surface area contributed by atoms with Gasteiger partial charge in [-0.05, 0) is 25.2 Å². The lowest BCUT2D eigenvalue weighted by molar-refractivity contribution is -0.134. The van der Waals surface area contributed by atoms with Gasteiger partial charge in [-0.2, -0.15) is 0 Å². The van der Waals surface area contributed by atoms with Gasteiger partial charge in [0.2, 0.25) is 5.91 Å². The van der Waals surface area contributed by atoms with Gasteiger partial charge in [0.1, 0.15) is 0 Å². The van der Waals surface area contributed by atoms with Gasteiger partial charge in [-0.1, -0.05) is 13.8 Å². The van der Waals surface area contributed by atoms with E-state index in [-0.39, 0.29) is 12.5 Å². The van der Waals surface area contributed by atoms with Crippen molar-refractivity contribution in [2.75, 3.05) is 13.2 Å². The first-order valence-electron chi connectivity index (χ1n) is 5.73. The molecule has 15 heavy (non-hydrogen) atoms. The molecule has 88 valence electrons. The average molecular weight is 214 g/mol. The van der Waals surface area contributed by atoms with Gasteiger partial charge >= 0.3 is 0 Å². The highest BCUT2D eigenvalue weighted by molar-refractivity contribution is 5.82. The first-order chi connectivity index (χ1) is 7.06. The van der Waals surface area contributed by atoms with E-state index >= 15 is 0 Å². The molecule has 1 aliphatic carbocycles. The Labute approximate surface area is 91.4 Å². The number of hydrogen-bond acceptors (Lipinski definition) is 3. The second-order valence-electron chi connectivity index (χ2n) is 4.72. The zero-order chi connectivity index (χ0) is 11.4. The molecule has 0 aromatic heterocycles. The van der Waals surface area contributed by atoms with Crippen molar-refractivity contribution < 1.29 is 9.90 Å². The smallest absolute Gasteiger partial charge is 0.239 e. The van der Waals surface area contributed by atoms with E-state index in [1.807, 2.05) is 0 Å². The monoisotopic (exact) mass is 214 g/mol. The summed E-state index contributed by atoms with van der Waals surface area (Å²) in [4.78, 5) is 13.7. The number of hydrogen-bond donors (Lipinski definition) is 2. The van der Waals surface area contributed by atoms with Gasteiger partial charge in [-0.3, -0.25) is 4.79 Å². The summed E-state index contributed by atoms with van der Waals surface area (Å²) < 4.78 is 0. The highest BCUT2D eigenvalue weighted by Crippen LogP contribution is 2.27. The minimum Gasteiger partial charge on any atom is -0.395 e. The molecular weight excluding hydrogens is 192 g/mol. The summed E-state index contributed by atoms with van der Waals surface area (Å²) in [7, 11) is 0. The number of nitrogens with two attached hydrogens (primary N) is 1. The minimum absolute atomic E-state index is 0.000231. The van der Waals surface area contributed by atoms with E-state index in [2.05, 4.69) is 13.8 Å². The van der Waals surface area contributed by atoms with E-state index in [1.54, 1.807) is 4.90 Å². The number of aliphatic hydroxyl groups is 1. The molecule has 1 fully saturated rings. The number of amides is 1. The molecule has 0 spiro atoms. The summed E-state index contributed by atoms with van der Waals surface area (Å²) in [5.74, 6) is 0.430. The lowest BCUT2D eigenvalue weighted by Crippen LogP contribution is -2.46. The Bertz CT molecular complexity index is 215. The molecule has 4 heteroatoms. The molecule has 1 aliphatic rings. The van der Waals surface area contributed by atoms with Crippen LogP contribution in [-0.4, -0.2) is 41.1 Å². The summed E-state index contributed by atoms with van der Waals surface area (Å²) in [6, 6.07) is -0.0694. The number of rotatable bonds is 6. The van der Waals surface area contributed by atoms with Crippen LogP contribution in [0.2, 0.25) is 0 Å². The van der Waals surface area contributed by atoms with Gasteiger partial charge in [0, 0.05) is 12.6 Å². The Morgan fingerprint density at radius 2 is 2.13 bits per heavy atom.